The standard InChI is InChI=1S/C13H23N3O2S.ClH/c1-9-10(2)19-12(18)16(9)6-11(17)15(5)8-13(3,4)7-14;/h6-8,14H2,1-5H3;1H. The van der Waals surface area contributed by atoms with Crippen LogP contribution in [0.1, 0.15) is 24.4 Å². The van der Waals surface area contributed by atoms with Crippen molar-refractivity contribution in [2.24, 2.45) is 11.1 Å². The van der Waals surface area contributed by atoms with E-state index in [9.17, 15) is 9.59 Å². The van der Waals surface area contributed by atoms with Crippen molar-refractivity contribution in [3.05, 3.63) is 20.2 Å². The van der Waals surface area contributed by atoms with Crippen LogP contribution in [0.4, 0.5) is 0 Å². The van der Waals surface area contributed by atoms with Gasteiger partial charge in [-0.1, -0.05) is 25.2 Å². The third-order valence-corrected chi connectivity index (χ3v) is 4.31. The molecular formula is C13H24ClN3O2S. The number of nitrogens with two attached hydrogens (primary N) is 1. The van der Waals surface area contributed by atoms with Crippen molar-refractivity contribution < 1.29 is 4.79 Å². The van der Waals surface area contributed by atoms with E-state index in [0.29, 0.717) is 13.1 Å². The Balaban J connectivity index is 0.00000361. The van der Waals surface area contributed by atoms with Gasteiger partial charge < -0.3 is 10.6 Å². The number of nitrogens with zero attached hydrogens (tertiary/aromatic N) is 2. The van der Waals surface area contributed by atoms with Crippen LogP contribution in [0.2, 0.25) is 0 Å². The van der Waals surface area contributed by atoms with E-state index in [1.165, 1.54) is 15.9 Å². The number of thiazole rings is 1. The van der Waals surface area contributed by atoms with Crippen LogP contribution >= 0.6 is 23.7 Å². The van der Waals surface area contributed by atoms with Gasteiger partial charge in [-0.2, -0.15) is 0 Å². The van der Waals surface area contributed by atoms with Crippen molar-refractivity contribution in [1.82, 2.24) is 9.47 Å². The van der Waals surface area contributed by atoms with Crippen LogP contribution < -0.4 is 10.6 Å². The second-order valence-electron chi connectivity index (χ2n) is 5.71. The van der Waals surface area contributed by atoms with Gasteiger partial charge in [0.1, 0.15) is 6.54 Å². The summed E-state index contributed by atoms with van der Waals surface area (Å²) in [5.41, 5.74) is 6.42. The molecule has 1 aromatic rings. The number of carbonyl (C=O) groups excluding carboxylic acids is 1. The van der Waals surface area contributed by atoms with Crippen LogP contribution in [0.3, 0.4) is 0 Å². The van der Waals surface area contributed by atoms with E-state index in [4.69, 9.17) is 5.73 Å². The lowest BCUT2D eigenvalue weighted by molar-refractivity contribution is -0.131. The number of aryl methyl sites for hydroxylation is 1. The molecule has 1 rings (SSSR count). The Labute approximate surface area is 130 Å². The second-order valence-corrected chi connectivity index (χ2v) is 6.88. The summed E-state index contributed by atoms with van der Waals surface area (Å²) >= 11 is 1.18. The molecule has 0 unspecified atom stereocenters. The highest BCUT2D eigenvalue weighted by atomic mass is 35.5. The van der Waals surface area contributed by atoms with Gasteiger partial charge in [0.15, 0.2) is 0 Å². The molecule has 0 aliphatic heterocycles. The van der Waals surface area contributed by atoms with E-state index in [0.717, 1.165) is 10.6 Å². The lowest BCUT2D eigenvalue weighted by Gasteiger charge is -2.29. The molecule has 0 radical (unpaired) electrons. The minimum absolute atomic E-state index is 0. The summed E-state index contributed by atoms with van der Waals surface area (Å²) in [4.78, 5) is 26.4. The highest BCUT2D eigenvalue weighted by Crippen LogP contribution is 2.15. The van der Waals surface area contributed by atoms with E-state index >= 15 is 0 Å². The molecule has 20 heavy (non-hydrogen) atoms. The average molecular weight is 322 g/mol. The van der Waals surface area contributed by atoms with Gasteiger partial charge in [0.2, 0.25) is 5.91 Å². The van der Waals surface area contributed by atoms with Gasteiger partial charge in [-0.3, -0.25) is 14.2 Å². The highest BCUT2D eigenvalue weighted by molar-refractivity contribution is 7.09. The van der Waals surface area contributed by atoms with Crippen molar-refractivity contribution in [3.8, 4) is 0 Å². The topological polar surface area (TPSA) is 68.3 Å². The van der Waals surface area contributed by atoms with Gasteiger partial charge >= 0.3 is 4.87 Å². The smallest absolute Gasteiger partial charge is 0.308 e. The summed E-state index contributed by atoms with van der Waals surface area (Å²) in [5.74, 6) is -0.0653. The van der Waals surface area contributed by atoms with Crippen LogP contribution in [0, 0.1) is 19.3 Å². The molecule has 2 N–H and O–H groups in total. The van der Waals surface area contributed by atoms with Crippen molar-refractivity contribution in [3.63, 3.8) is 0 Å². The van der Waals surface area contributed by atoms with Crippen LogP contribution in [0.5, 0.6) is 0 Å². The Bertz CT molecular complexity index is 522. The number of hydrogen-bond acceptors (Lipinski definition) is 4. The fourth-order valence-electron chi connectivity index (χ4n) is 1.82. The van der Waals surface area contributed by atoms with Crippen LogP contribution in [0.15, 0.2) is 4.79 Å². The quantitative estimate of drug-likeness (QED) is 0.891. The second kappa shape index (κ2) is 7.24. The molecule has 0 saturated carbocycles. The maximum Gasteiger partial charge on any atom is 0.308 e. The summed E-state index contributed by atoms with van der Waals surface area (Å²) < 4.78 is 1.54. The summed E-state index contributed by atoms with van der Waals surface area (Å²) in [6, 6.07) is 0. The van der Waals surface area contributed by atoms with E-state index in [-0.39, 0.29) is 35.1 Å². The molecular weight excluding hydrogens is 298 g/mol. The van der Waals surface area contributed by atoms with Crippen LogP contribution in [-0.4, -0.2) is 35.5 Å². The Morgan fingerprint density at radius 3 is 2.35 bits per heavy atom. The molecule has 7 heteroatoms. The average Bonchev–Trinajstić information content (AvgIpc) is 2.55. The van der Waals surface area contributed by atoms with Gasteiger partial charge in [0, 0.05) is 24.2 Å². The summed E-state index contributed by atoms with van der Waals surface area (Å²) in [5, 5.41) is 0. The van der Waals surface area contributed by atoms with E-state index in [1.54, 1.807) is 11.9 Å². The number of aromatic nitrogens is 1. The van der Waals surface area contributed by atoms with Crippen LogP contribution in [0.25, 0.3) is 0 Å². The third kappa shape index (κ3) is 4.61. The molecule has 1 amide bonds. The molecule has 0 aromatic carbocycles. The first-order valence-corrected chi connectivity index (χ1v) is 7.10. The minimum atomic E-state index is -0.116. The maximum atomic E-state index is 12.1. The van der Waals surface area contributed by atoms with Crippen molar-refractivity contribution in [2.75, 3.05) is 20.1 Å². The lowest BCUT2D eigenvalue weighted by atomic mass is 9.93. The molecule has 0 aliphatic rings. The molecule has 0 fully saturated rings. The van der Waals surface area contributed by atoms with Crippen molar-refractivity contribution in [1.29, 1.82) is 0 Å². The zero-order chi connectivity index (χ0) is 14.8. The summed E-state index contributed by atoms with van der Waals surface area (Å²) in [6.45, 7) is 8.99. The molecule has 0 saturated heterocycles. The van der Waals surface area contributed by atoms with E-state index in [1.807, 2.05) is 27.7 Å². The predicted molar refractivity (Wildman–Crippen MR) is 85.8 cm³/mol. The highest BCUT2D eigenvalue weighted by Gasteiger charge is 2.22. The fraction of sp³-hybridized carbons (Fsp3) is 0.692. The molecule has 0 atom stereocenters. The van der Waals surface area contributed by atoms with Gasteiger partial charge in [-0.15, -0.1) is 12.4 Å². The normalized spacial score (nSPS) is 11.1. The van der Waals surface area contributed by atoms with Gasteiger partial charge in [0.05, 0.1) is 0 Å². The largest absolute Gasteiger partial charge is 0.344 e. The van der Waals surface area contributed by atoms with Crippen molar-refractivity contribution in [2.45, 2.75) is 34.2 Å². The molecule has 116 valence electrons. The summed E-state index contributed by atoms with van der Waals surface area (Å²) in [6.07, 6.45) is 0. The molecule has 1 aromatic heterocycles. The zero-order valence-corrected chi connectivity index (χ0v) is 14.4. The van der Waals surface area contributed by atoms with E-state index in [2.05, 4.69) is 0 Å². The Morgan fingerprint density at radius 1 is 1.40 bits per heavy atom. The summed E-state index contributed by atoms with van der Waals surface area (Å²) in [7, 11) is 1.75. The maximum absolute atomic E-state index is 12.1. The van der Waals surface area contributed by atoms with Gasteiger partial charge in [0.25, 0.3) is 0 Å². The Hall–Kier alpha value is -0.850. The number of rotatable bonds is 5. The molecule has 1 heterocycles. The SMILES string of the molecule is Cc1sc(=O)n(CC(=O)N(C)CC(C)(C)CN)c1C.Cl. The molecule has 5 nitrogen and oxygen atoms in total. The first-order valence-electron chi connectivity index (χ1n) is 6.29. The van der Waals surface area contributed by atoms with Gasteiger partial charge in [-0.05, 0) is 25.8 Å². The minimum Gasteiger partial charge on any atom is -0.344 e. The first-order chi connectivity index (χ1) is 8.68. The van der Waals surface area contributed by atoms with Gasteiger partial charge in [-0.25, -0.2) is 0 Å². The van der Waals surface area contributed by atoms with Crippen molar-refractivity contribution >= 4 is 29.7 Å². The number of halogens is 1. The molecule has 0 spiro atoms. The molecule has 0 bridgehead atoms. The number of carbonyl (C=O) groups is 1. The zero-order valence-electron chi connectivity index (χ0n) is 12.7. The fourth-order valence-corrected chi connectivity index (χ4v) is 2.65. The molecule has 0 aliphatic carbocycles. The number of likely N-dealkylation sites (N-methyl/N-ethyl adjacent to an activating group) is 1. The monoisotopic (exact) mass is 321 g/mol. The Morgan fingerprint density at radius 2 is 1.95 bits per heavy atom. The Kier molecular flexibility index (Phi) is 6.93. The first kappa shape index (κ1) is 19.1. The number of amides is 1. The predicted octanol–water partition coefficient (Wildman–Crippen LogP) is 1.39. The third-order valence-electron chi connectivity index (χ3n) is 3.31. The lowest BCUT2D eigenvalue weighted by Crippen LogP contribution is -2.41. The van der Waals surface area contributed by atoms with E-state index < -0.39 is 0 Å². The number of hydrogen-bond donors (Lipinski definition) is 1. The van der Waals surface area contributed by atoms with Crippen LogP contribution in [-0.2, 0) is 11.3 Å².